The Kier molecular flexibility index (Phi) is 5.17. The molecule has 1 aromatic rings. The van der Waals surface area contributed by atoms with Crippen LogP contribution in [0.25, 0.3) is 0 Å². The Hall–Kier alpha value is -1.62. The van der Waals surface area contributed by atoms with E-state index in [9.17, 15) is 9.18 Å². The Morgan fingerprint density at radius 3 is 2.76 bits per heavy atom. The Bertz CT molecular complexity index is 502. The smallest absolute Gasteiger partial charge is 0.241 e. The molecule has 1 atom stereocenters. The summed E-state index contributed by atoms with van der Waals surface area (Å²) < 4.78 is 13.0. The van der Waals surface area contributed by atoms with Crippen molar-refractivity contribution in [3.63, 3.8) is 0 Å². The normalized spacial score (nSPS) is 16.6. The van der Waals surface area contributed by atoms with Crippen molar-refractivity contribution in [2.45, 2.75) is 39.2 Å². The van der Waals surface area contributed by atoms with E-state index in [0.29, 0.717) is 5.69 Å². The molecule has 1 fully saturated rings. The van der Waals surface area contributed by atoms with Crippen LogP contribution in [0.4, 0.5) is 15.8 Å². The third-order valence-corrected chi connectivity index (χ3v) is 4.32. The Balaban J connectivity index is 1.96. The SMILES string of the molecule is CCN(CC1CCC1)C(C)C(=O)Nc1ccc(F)cc1N. The molecule has 0 heterocycles. The highest BCUT2D eigenvalue weighted by molar-refractivity contribution is 5.97. The fourth-order valence-corrected chi connectivity index (χ4v) is 2.62. The first kappa shape index (κ1) is 15.8. The zero-order valence-electron chi connectivity index (χ0n) is 12.7. The molecule has 1 saturated carbocycles. The van der Waals surface area contributed by atoms with Gasteiger partial charge < -0.3 is 11.1 Å². The van der Waals surface area contributed by atoms with E-state index in [-0.39, 0.29) is 17.6 Å². The van der Waals surface area contributed by atoms with Gasteiger partial charge in [-0.15, -0.1) is 0 Å². The first-order valence-corrected chi connectivity index (χ1v) is 7.61. The van der Waals surface area contributed by atoms with Crippen LogP contribution in [0, 0.1) is 11.7 Å². The maximum atomic E-state index is 13.0. The predicted molar refractivity (Wildman–Crippen MR) is 83.5 cm³/mol. The molecule has 0 bridgehead atoms. The zero-order chi connectivity index (χ0) is 15.4. The number of likely N-dealkylation sites (N-methyl/N-ethyl adjacent to an activating group) is 1. The fraction of sp³-hybridized carbons (Fsp3) is 0.562. The van der Waals surface area contributed by atoms with Crippen molar-refractivity contribution in [3.8, 4) is 0 Å². The molecule has 1 unspecified atom stereocenters. The molecule has 4 nitrogen and oxygen atoms in total. The van der Waals surface area contributed by atoms with Gasteiger partial charge in [0.2, 0.25) is 5.91 Å². The number of benzene rings is 1. The Morgan fingerprint density at radius 2 is 2.24 bits per heavy atom. The highest BCUT2D eigenvalue weighted by atomic mass is 19.1. The van der Waals surface area contributed by atoms with Crippen molar-refractivity contribution >= 4 is 17.3 Å². The molecule has 21 heavy (non-hydrogen) atoms. The van der Waals surface area contributed by atoms with Crippen LogP contribution in [-0.2, 0) is 4.79 Å². The molecule has 0 spiro atoms. The third kappa shape index (κ3) is 3.94. The highest BCUT2D eigenvalue weighted by Gasteiger charge is 2.26. The van der Waals surface area contributed by atoms with Crippen molar-refractivity contribution in [2.24, 2.45) is 5.92 Å². The largest absolute Gasteiger partial charge is 0.397 e. The minimum atomic E-state index is -0.404. The second kappa shape index (κ2) is 6.89. The van der Waals surface area contributed by atoms with Gasteiger partial charge in [0.1, 0.15) is 5.82 Å². The van der Waals surface area contributed by atoms with E-state index in [1.807, 2.05) is 6.92 Å². The summed E-state index contributed by atoms with van der Waals surface area (Å²) in [6.07, 6.45) is 3.82. The van der Waals surface area contributed by atoms with Crippen LogP contribution >= 0.6 is 0 Å². The van der Waals surface area contributed by atoms with E-state index in [1.54, 1.807) is 0 Å². The number of hydrogen-bond acceptors (Lipinski definition) is 3. The summed E-state index contributed by atoms with van der Waals surface area (Å²) in [5.74, 6) is 0.212. The van der Waals surface area contributed by atoms with Gasteiger partial charge >= 0.3 is 0 Å². The number of nitrogen functional groups attached to an aromatic ring is 1. The molecule has 0 saturated heterocycles. The molecule has 0 aliphatic heterocycles. The minimum absolute atomic E-state index is 0.102. The van der Waals surface area contributed by atoms with Crippen molar-refractivity contribution in [2.75, 3.05) is 24.1 Å². The summed E-state index contributed by atoms with van der Waals surface area (Å²) in [4.78, 5) is 14.5. The van der Waals surface area contributed by atoms with Gasteiger partial charge in [-0.3, -0.25) is 9.69 Å². The van der Waals surface area contributed by atoms with Gasteiger partial charge in [-0.25, -0.2) is 4.39 Å². The standard InChI is InChI=1S/C16H24FN3O/c1-3-20(10-12-5-4-6-12)11(2)16(21)19-15-8-7-13(17)9-14(15)18/h7-9,11-12H,3-6,10,18H2,1-2H3,(H,19,21). The lowest BCUT2D eigenvalue weighted by molar-refractivity contribution is -0.121. The molecule has 1 aliphatic rings. The van der Waals surface area contributed by atoms with Gasteiger partial charge in [0, 0.05) is 6.54 Å². The van der Waals surface area contributed by atoms with E-state index in [1.165, 1.54) is 37.5 Å². The molecular formula is C16H24FN3O. The third-order valence-electron chi connectivity index (χ3n) is 4.32. The average molecular weight is 293 g/mol. The minimum Gasteiger partial charge on any atom is -0.397 e. The van der Waals surface area contributed by atoms with Crippen LogP contribution < -0.4 is 11.1 Å². The molecule has 5 heteroatoms. The van der Waals surface area contributed by atoms with Crippen molar-refractivity contribution < 1.29 is 9.18 Å². The molecule has 116 valence electrons. The molecule has 1 amide bonds. The van der Waals surface area contributed by atoms with Gasteiger partial charge in [-0.1, -0.05) is 13.3 Å². The number of nitrogens with one attached hydrogen (secondary N) is 1. The molecule has 1 aromatic carbocycles. The van der Waals surface area contributed by atoms with Gasteiger partial charge in [0.05, 0.1) is 17.4 Å². The second-order valence-electron chi connectivity index (χ2n) is 5.78. The summed E-state index contributed by atoms with van der Waals surface area (Å²) in [7, 11) is 0. The Labute approximate surface area is 125 Å². The molecule has 0 aromatic heterocycles. The highest BCUT2D eigenvalue weighted by Crippen LogP contribution is 2.28. The van der Waals surface area contributed by atoms with Crippen molar-refractivity contribution in [3.05, 3.63) is 24.0 Å². The maximum Gasteiger partial charge on any atom is 0.241 e. The van der Waals surface area contributed by atoms with Gasteiger partial charge in [0.25, 0.3) is 0 Å². The van der Waals surface area contributed by atoms with Crippen molar-refractivity contribution in [1.82, 2.24) is 4.90 Å². The van der Waals surface area contributed by atoms with Gasteiger partial charge in [0.15, 0.2) is 0 Å². The van der Waals surface area contributed by atoms with Crippen LogP contribution in [0.2, 0.25) is 0 Å². The molecule has 3 N–H and O–H groups in total. The molecular weight excluding hydrogens is 269 g/mol. The lowest BCUT2D eigenvalue weighted by atomic mass is 9.85. The van der Waals surface area contributed by atoms with Crippen LogP contribution in [0.5, 0.6) is 0 Å². The van der Waals surface area contributed by atoms with E-state index < -0.39 is 5.82 Å². The number of rotatable bonds is 6. The molecule has 0 radical (unpaired) electrons. The number of carbonyl (C=O) groups excluding carboxylic acids is 1. The first-order valence-electron chi connectivity index (χ1n) is 7.61. The van der Waals surface area contributed by atoms with Crippen LogP contribution in [0.1, 0.15) is 33.1 Å². The fourth-order valence-electron chi connectivity index (χ4n) is 2.62. The number of nitrogens with two attached hydrogens (primary N) is 1. The quantitative estimate of drug-likeness (QED) is 0.793. The lowest BCUT2D eigenvalue weighted by Crippen LogP contribution is -2.45. The molecule has 2 rings (SSSR count). The zero-order valence-corrected chi connectivity index (χ0v) is 12.7. The van der Waals surface area contributed by atoms with Crippen LogP contribution in [0.3, 0.4) is 0 Å². The van der Waals surface area contributed by atoms with Crippen LogP contribution in [0.15, 0.2) is 18.2 Å². The number of hydrogen-bond donors (Lipinski definition) is 2. The second-order valence-corrected chi connectivity index (χ2v) is 5.78. The summed E-state index contributed by atoms with van der Waals surface area (Å²) in [6.45, 7) is 5.76. The van der Waals surface area contributed by atoms with Crippen molar-refractivity contribution in [1.29, 1.82) is 0 Å². The average Bonchev–Trinajstić information content (AvgIpc) is 2.40. The van der Waals surface area contributed by atoms with E-state index in [4.69, 9.17) is 5.73 Å². The topological polar surface area (TPSA) is 58.4 Å². The number of anilines is 2. The number of amides is 1. The molecule has 1 aliphatic carbocycles. The summed E-state index contributed by atoms with van der Waals surface area (Å²) in [6, 6.07) is 3.78. The van der Waals surface area contributed by atoms with Gasteiger partial charge in [-0.2, -0.15) is 0 Å². The number of nitrogens with zero attached hydrogens (tertiary/aromatic N) is 1. The van der Waals surface area contributed by atoms with E-state index in [0.717, 1.165) is 19.0 Å². The summed E-state index contributed by atoms with van der Waals surface area (Å²) in [5, 5.41) is 2.79. The summed E-state index contributed by atoms with van der Waals surface area (Å²) >= 11 is 0. The lowest BCUT2D eigenvalue weighted by Gasteiger charge is -2.34. The predicted octanol–water partition coefficient (Wildman–Crippen LogP) is 2.86. The van der Waals surface area contributed by atoms with Gasteiger partial charge in [-0.05, 0) is 50.4 Å². The van der Waals surface area contributed by atoms with E-state index >= 15 is 0 Å². The monoisotopic (exact) mass is 293 g/mol. The summed E-state index contributed by atoms with van der Waals surface area (Å²) in [5.41, 5.74) is 6.43. The Morgan fingerprint density at radius 1 is 1.52 bits per heavy atom. The van der Waals surface area contributed by atoms with E-state index in [2.05, 4.69) is 17.1 Å². The first-order chi connectivity index (χ1) is 10.0. The number of carbonyl (C=O) groups is 1. The van der Waals surface area contributed by atoms with Crippen LogP contribution in [-0.4, -0.2) is 29.9 Å². The number of halogens is 1. The maximum absolute atomic E-state index is 13.0.